The molecule has 1 fully saturated rings. The molecule has 14 heteroatoms. The van der Waals surface area contributed by atoms with E-state index in [0.29, 0.717) is 0 Å². The second kappa shape index (κ2) is 8.91. The van der Waals surface area contributed by atoms with E-state index in [9.17, 15) is 32.3 Å². The van der Waals surface area contributed by atoms with E-state index in [1.165, 1.54) is 11.0 Å². The summed E-state index contributed by atoms with van der Waals surface area (Å²) in [7, 11) is 0. The standard InChI is InChI=1S/C20H15Cl2F4N5O3/c21-9-5-10(15(17(23)24)27-11-1-2-12(22)28-16(11)19(33)34)18-29-13(6-14(32)31(18)7-9)30-4-3-20(25,26)8-30/h1-2,5-7,15,17,27H,3-4,8H2,(H,33,34). The summed E-state index contributed by atoms with van der Waals surface area (Å²) in [6.07, 6.45) is -2.41. The van der Waals surface area contributed by atoms with Gasteiger partial charge in [0.15, 0.2) is 5.69 Å². The molecule has 8 nitrogen and oxygen atoms in total. The van der Waals surface area contributed by atoms with Crippen molar-refractivity contribution in [2.45, 2.75) is 24.8 Å². The number of anilines is 2. The highest BCUT2D eigenvalue weighted by atomic mass is 35.5. The van der Waals surface area contributed by atoms with Crippen LogP contribution in [0.25, 0.3) is 5.65 Å². The first-order chi connectivity index (χ1) is 15.9. The van der Waals surface area contributed by atoms with Gasteiger partial charge in [-0.2, -0.15) is 0 Å². The van der Waals surface area contributed by atoms with Gasteiger partial charge in [-0.15, -0.1) is 0 Å². The Morgan fingerprint density at radius 1 is 1.21 bits per heavy atom. The quantitative estimate of drug-likeness (QED) is 0.368. The highest BCUT2D eigenvalue weighted by molar-refractivity contribution is 6.30. The van der Waals surface area contributed by atoms with E-state index < -0.39 is 48.6 Å². The SMILES string of the molecule is O=C(O)c1nc(Cl)ccc1NC(c1cc(Cl)cn2c(=O)cc(N3CCC(F)(F)C3)nc12)C(F)F. The Bertz CT molecular complexity index is 1340. The molecule has 180 valence electrons. The van der Waals surface area contributed by atoms with Crippen molar-refractivity contribution in [3.05, 3.63) is 62.2 Å². The zero-order valence-electron chi connectivity index (χ0n) is 17.0. The topological polar surface area (TPSA) is 99.8 Å². The number of pyridine rings is 2. The molecule has 1 aliphatic heterocycles. The number of nitrogens with one attached hydrogen (secondary N) is 1. The van der Waals surface area contributed by atoms with Gasteiger partial charge in [-0.1, -0.05) is 23.2 Å². The number of halogens is 6. The average molecular weight is 520 g/mol. The maximum Gasteiger partial charge on any atom is 0.356 e. The molecule has 4 rings (SSSR count). The van der Waals surface area contributed by atoms with Crippen LogP contribution in [-0.4, -0.2) is 50.9 Å². The third-order valence-electron chi connectivity index (χ3n) is 5.20. The van der Waals surface area contributed by atoms with E-state index in [1.807, 2.05) is 0 Å². The molecule has 0 amide bonds. The van der Waals surface area contributed by atoms with E-state index in [2.05, 4.69) is 15.3 Å². The molecule has 1 saturated heterocycles. The Labute approximate surface area is 198 Å². The normalized spacial score (nSPS) is 16.3. The van der Waals surface area contributed by atoms with Gasteiger partial charge in [-0.05, 0) is 18.2 Å². The van der Waals surface area contributed by atoms with E-state index in [0.717, 1.165) is 28.8 Å². The maximum atomic E-state index is 14.2. The number of carboxylic acids is 1. The Morgan fingerprint density at radius 3 is 2.56 bits per heavy atom. The summed E-state index contributed by atoms with van der Waals surface area (Å²) in [6.45, 7) is -0.749. The van der Waals surface area contributed by atoms with E-state index >= 15 is 0 Å². The lowest BCUT2D eigenvalue weighted by Crippen LogP contribution is -2.29. The number of rotatable bonds is 6. The van der Waals surface area contributed by atoms with Crippen molar-refractivity contribution in [3.8, 4) is 0 Å². The molecular formula is C20H15Cl2F4N5O3. The third-order valence-corrected chi connectivity index (χ3v) is 5.62. The molecular weight excluding hydrogens is 505 g/mol. The number of alkyl halides is 4. The molecule has 3 aromatic heterocycles. The maximum absolute atomic E-state index is 14.2. The van der Waals surface area contributed by atoms with Crippen LogP contribution in [0.3, 0.4) is 0 Å². The van der Waals surface area contributed by atoms with Crippen LogP contribution in [0, 0.1) is 0 Å². The molecule has 34 heavy (non-hydrogen) atoms. The Balaban J connectivity index is 1.86. The van der Waals surface area contributed by atoms with Crippen LogP contribution in [0.15, 0.2) is 35.3 Å². The summed E-state index contributed by atoms with van der Waals surface area (Å²) >= 11 is 11.8. The van der Waals surface area contributed by atoms with E-state index in [4.69, 9.17) is 23.2 Å². The molecule has 3 aromatic rings. The fourth-order valence-corrected chi connectivity index (χ4v) is 4.02. The van der Waals surface area contributed by atoms with Gasteiger partial charge < -0.3 is 15.3 Å². The summed E-state index contributed by atoms with van der Waals surface area (Å²) < 4.78 is 56.7. The van der Waals surface area contributed by atoms with Gasteiger partial charge in [-0.25, -0.2) is 32.3 Å². The number of nitrogens with zero attached hydrogens (tertiary/aromatic N) is 4. The fraction of sp³-hybridized carbons (Fsp3) is 0.300. The van der Waals surface area contributed by atoms with Crippen LogP contribution >= 0.6 is 23.2 Å². The van der Waals surface area contributed by atoms with E-state index in [-0.39, 0.29) is 39.4 Å². The third kappa shape index (κ3) is 4.73. The summed E-state index contributed by atoms with van der Waals surface area (Å²) in [5, 5.41) is 11.5. The summed E-state index contributed by atoms with van der Waals surface area (Å²) in [5.74, 6) is -4.59. The number of fused-ring (bicyclic) bond motifs is 1. The predicted octanol–water partition coefficient (Wildman–Crippen LogP) is 4.36. The number of aromatic nitrogens is 3. The molecule has 2 N–H and O–H groups in total. The number of aromatic carboxylic acids is 1. The number of carbonyl (C=O) groups is 1. The van der Waals surface area contributed by atoms with Crippen molar-refractivity contribution in [1.82, 2.24) is 14.4 Å². The first-order valence-electron chi connectivity index (χ1n) is 9.75. The number of hydrogen-bond donors (Lipinski definition) is 2. The van der Waals surface area contributed by atoms with Crippen LogP contribution in [0.2, 0.25) is 10.2 Å². The molecule has 4 heterocycles. The van der Waals surface area contributed by atoms with Gasteiger partial charge >= 0.3 is 5.97 Å². The summed E-state index contributed by atoms with van der Waals surface area (Å²) in [6, 6.07) is 2.64. The largest absolute Gasteiger partial charge is 0.476 e. The lowest BCUT2D eigenvalue weighted by molar-refractivity contribution is 0.0256. The van der Waals surface area contributed by atoms with Gasteiger partial charge in [0.25, 0.3) is 17.9 Å². The Hall–Kier alpha value is -3.12. The summed E-state index contributed by atoms with van der Waals surface area (Å²) in [4.78, 5) is 33.3. The van der Waals surface area contributed by atoms with E-state index in [1.54, 1.807) is 0 Å². The van der Waals surface area contributed by atoms with Crippen molar-refractivity contribution < 1.29 is 27.5 Å². The second-order valence-corrected chi connectivity index (χ2v) is 8.40. The average Bonchev–Trinajstić information content (AvgIpc) is 3.12. The van der Waals surface area contributed by atoms with Crippen LogP contribution in [0.5, 0.6) is 0 Å². The van der Waals surface area contributed by atoms with Crippen molar-refractivity contribution in [2.24, 2.45) is 0 Å². The minimum absolute atomic E-state index is 0.0759. The highest BCUT2D eigenvalue weighted by Crippen LogP contribution is 2.33. The fourth-order valence-electron chi connectivity index (χ4n) is 3.66. The molecule has 1 atom stereocenters. The smallest absolute Gasteiger partial charge is 0.356 e. The minimum atomic E-state index is -3.13. The van der Waals surface area contributed by atoms with Crippen molar-refractivity contribution in [2.75, 3.05) is 23.3 Å². The highest BCUT2D eigenvalue weighted by Gasteiger charge is 2.39. The molecule has 1 unspecified atom stereocenters. The van der Waals surface area contributed by atoms with Crippen molar-refractivity contribution in [1.29, 1.82) is 0 Å². The van der Waals surface area contributed by atoms with Crippen LogP contribution in [-0.2, 0) is 0 Å². The molecule has 0 bridgehead atoms. The predicted molar refractivity (Wildman–Crippen MR) is 117 cm³/mol. The van der Waals surface area contributed by atoms with Gasteiger partial charge in [0.1, 0.15) is 22.7 Å². The number of hydrogen-bond acceptors (Lipinski definition) is 6. The van der Waals surface area contributed by atoms with Crippen molar-refractivity contribution in [3.63, 3.8) is 0 Å². The van der Waals surface area contributed by atoms with Gasteiger partial charge in [0.2, 0.25) is 0 Å². The molecule has 0 saturated carbocycles. The summed E-state index contributed by atoms with van der Waals surface area (Å²) in [5.41, 5.74) is -2.09. The van der Waals surface area contributed by atoms with Gasteiger partial charge in [0.05, 0.1) is 17.3 Å². The van der Waals surface area contributed by atoms with Crippen LogP contribution in [0.1, 0.15) is 28.5 Å². The van der Waals surface area contributed by atoms with Crippen LogP contribution in [0.4, 0.5) is 29.1 Å². The first kappa shape index (κ1) is 24.0. The first-order valence-corrected chi connectivity index (χ1v) is 10.5. The number of carboxylic acid groups (broad SMARTS) is 1. The Morgan fingerprint density at radius 2 is 1.94 bits per heavy atom. The zero-order valence-corrected chi connectivity index (χ0v) is 18.5. The van der Waals surface area contributed by atoms with Gasteiger partial charge in [-0.3, -0.25) is 9.20 Å². The Kier molecular flexibility index (Phi) is 6.30. The molecule has 0 aromatic carbocycles. The lowest BCUT2D eigenvalue weighted by Gasteiger charge is -2.23. The van der Waals surface area contributed by atoms with Gasteiger partial charge in [0, 0.05) is 30.8 Å². The second-order valence-electron chi connectivity index (χ2n) is 7.58. The molecule has 1 aliphatic rings. The molecule has 0 aliphatic carbocycles. The molecule has 0 spiro atoms. The monoisotopic (exact) mass is 519 g/mol. The minimum Gasteiger partial charge on any atom is -0.476 e. The lowest BCUT2D eigenvalue weighted by atomic mass is 10.1. The zero-order chi connectivity index (χ0) is 24.8. The molecule has 0 radical (unpaired) electrons. The van der Waals surface area contributed by atoms with Crippen LogP contribution < -0.4 is 15.8 Å². The van der Waals surface area contributed by atoms with Crippen molar-refractivity contribution >= 4 is 46.3 Å².